The first-order chi connectivity index (χ1) is 14.2. The summed E-state index contributed by atoms with van der Waals surface area (Å²) < 4.78 is 15.5. The van der Waals surface area contributed by atoms with Crippen LogP contribution in [0.15, 0.2) is 47.9 Å². The maximum Gasteiger partial charge on any atom is 0.242 e. The quantitative estimate of drug-likeness (QED) is 0.553. The van der Waals surface area contributed by atoms with E-state index < -0.39 is 0 Å². The number of halogens is 1. The fraction of sp³-hybridized carbons (Fsp3) is 0.409. The van der Waals surface area contributed by atoms with Crippen LogP contribution in [0.4, 0.5) is 4.39 Å². The normalized spacial score (nSPS) is 17.0. The lowest BCUT2D eigenvalue weighted by Crippen LogP contribution is -2.44. The highest BCUT2D eigenvalue weighted by Gasteiger charge is 2.26. The van der Waals surface area contributed by atoms with E-state index in [0.29, 0.717) is 11.8 Å². The van der Waals surface area contributed by atoms with Crippen molar-refractivity contribution in [1.82, 2.24) is 19.4 Å². The number of likely N-dealkylation sites (tertiary alicyclic amines) is 1. The topological polar surface area (TPSA) is 51.0 Å². The van der Waals surface area contributed by atoms with Gasteiger partial charge in [0, 0.05) is 24.5 Å². The molecule has 1 fully saturated rings. The van der Waals surface area contributed by atoms with E-state index in [4.69, 9.17) is 4.98 Å². The zero-order valence-corrected chi connectivity index (χ0v) is 17.4. The molecule has 0 aliphatic carbocycles. The van der Waals surface area contributed by atoms with Crippen molar-refractivity contribution in [3.63, 3.8) is 0 Å². The standard InChI is InChI=1S/C22H25FN4OS/c1-2-18-8-3-4-11-26(18)21(28)14-27-20-13-24-10-9-19(20)25-22(27)29-15-16-6-5-7-17(23)12-16/h5-7,9-10,12-13,18H,2-4,8,11,14-15H2,1H3. The van der Waals surface area contributed by atoms with Gasteiger partial charge in [0.05, 0.1) is 17.2 Å². The second-order valence-electron chi connectivity index (χ2n) is 7.41. The molecule has 1 atom stereocenters. The summed E-state index contributed by atoms with van der Waals surface area (Å²) in [4.78, 5) is 24.1. The molecular weight excluding hydrogens is 387 g/mol. The molecule has 3 heterocycles. The summed E-state index contributed by atoms with van der Waals surface area (Å²) in [7, 11) is 0. The molecule has 0 N–H and O–H groups in total. The molecule has 1 amide bonds. The van der Waals surface area contributed by atoms with Gasteiger partial charge in [-0.2, -0.15) is 0 Å². The summed E-state index contributed by atoms with van der Waals surface area (Å²) in [5.74, 6) is 0.475. The predicted molar refractivity (Wildman–Crippen MR) is 113 cm³/mol. The summed E-state index contributed by atoms with van der Waals surface area (Å²) in [5, 5.41) is 0.760. The van der Waals surface area contributed by atoms with Gasteiger partial charge in [-0.15, -0.1) is 0 Å². The highest BCUT2D eigenvalue weighted by Crippen LogP contribution is 2.28. The number of amides is 1. The highest BCUT2D eigenvalue weighted by atomic mass is 32.2. The molecule has 0 bridgehead atoms. The monoisotopic (exact) mass is 412 g/mol. The molecule has 3 aromatic rings. The van der Waals surface area contributed by atoms with Crippen molar-refractivity contribution < 1.29 is 9.18 Å². The van der Waals surface area contributed by atoms with Gasteiger partial charge in [-0.3, -0.25) is 9.78 Å². The fourth-order valence-electron chi connectivity index (χ4n) is 3.96. The maximum absolute atomic E-state index is 13.5. The third-order valence-electron chi connectivity index (χ3n) is 5.48. The summed E-state index contributed by atoms with van der Waals surface area (Å²) in [6, 6.07) is 8.77. The van der Waals surface area contributed by atoms with Crippen LogP contribution in [0.25, 0.3) is 11.0 Å². The van der Waals surface area contributed by atoms with Gasteiger partial charge >= 0.3 is 0 Å². The van der Waals surface area contributed by atoms with Gasteiger partial charge < -0.3 is 9.47 Å². The lowest BCUT2D eigenvalue weighted by atomic mass is 10.00. The van der Waals surface area contributed by atoms with Crippen molar-refractivity contribution in [2.45, 2.75) is 56.1 Å². The van der Waals surface area contributed by atoms with E-state index in [1.54, 1.807) is 18.5 Å². The van der Waals surface area contributed by atoms with Gasteiger partial charge in [-0.25, -0.2) is 9.37 Å². The van der Waals surface area contributed by atoms with E-state index in [1.807, 2.05) is 21.6 Å². The van der Waals surface area contributed by atoms with E-state index >= 15 is 0 Å². The van der Waals surface area contributed by atoms with E-state index in [1.165, 1.54) is 30.3 Å². The third-order valence-corrected chi connectivity index (χ3v) is 6.53. The number of carbonyl (C=O) groups is 1. The molecule has 7 heteroatoms. The Labute approximate surface area is 174 Å². The predicted octanol–water partition coefficient (Wildman–Crippen LogP) is 4.65. The van der Waals surface area contributed by atoms with Gasteiger partial charge in [0.2, 0.25) is 5.91 Å². The summed E-state index contributed by atoms with van der Waals surface area (Å²) in [6.45, 7) is 3.23. The zero-order chi connectivity index (χ0) is 20.2. The molecule has 1 aliphatic heterocycles. The second-order valence-corrected chi connectivity index (χ2v) is 8.35. The summed E-state index contributed by atoms with van der Waals surface area (Å²) in [6.07, 6.45) is 7.79. The van der Waals surface area contributed by atoms with Crippen LogP contribution in [0.3, 0.4) is 0 Å². The number of thioether (sulfide) groups is 1. The highest BCUT2D eigenvalue weighted by molar-refractivity contribution is 7.98. The Bertz CT molecular complexity index is 1010. The zero-order valence-electron chi connectivity index (χ0n) is 16.6. The number of carbonyl (C=O) groups excluding carboxylic acids is 1. The lowest BCUT2D eigenvalue weighted by Gasteiger charge is -2.35. The van der Waals surface area contributed by atoms with Crippen LogP contribution in [-0.2, 0) is 17.1 Å². The van der Waals surface area contributed by atoms with Crippen LogP contribution in [-0.4, -0.2) is 37.9 Å². The Morgan fingerprint density at radius 1 is 1.31 bits per heavy atom. The number of hydrogen-bond acceptors (Lipinski definition) is 4. The molecule has 0 saturated carbocycles. The average molecular weight is 413 g/mol. The van der Waals surface area contributed by atoms with Crippen LogP contribution < -0.4 is 0 Å². The minimum atomic E-state index is -0.244. The molecule has 2 aromatic heterocycles. The number of hydrogen-bond donors (Lipinski definition) is 0. The summed E-state index contributed by atoms with van der Waals surface area (Å²) in [5.41, 5.74) is 2.56. The van der Waals surface area contributed by atoms with Gasteiger partial charge in [-0.1, -0.05) is 30.8 Å². The first kappa shape index (κ1) is 19.9. The molecular formula is C22H25FN4OS. The number of imidazole rings is 1. The lowest BCUT2D eigenvalue weighted by molar-refractivity contribution is -0.135. The number of rotatable bonds is 6. The molecule has 1 aliphatic rings. The number of fused-ring (bicyclic) bond motifs is 1. The van der Waals surface area contributed by atoms with E-state index in [-0.39, 0.29) is 18.3 Å². The van der Waals surface area contributed by atoms with E-state index in [0.717, 1.165) is 47.6 Å². The minimum absolute atomic E-state index is 0.132. The number of nitrogens with zero attached hydrogens (tertiary/aromatic N) is 4. The molecule has 0 spiro atoms. The first-order valence-electron chi connectivity index (χ1n) is 10.1. The number of piperidine rings is 1. The average Bonchev–Trinajstić information content (AvgIpc) is 3.09. The van der Waals surface area contributed by atoms with Crippen molar-refractivity contribution in [2.24, 2.45) is 0 Å². The van der Waals surface area contributed by atoms with Crippen molar-refractivity contribution in [3.05, 3.63) is 54.1 Å². The summed E-state index contributed by atoms with van der Waals surface area (Å²) >= 11 is 1.52. The first-order valence-corrected chi connectivity index (χ1v) is 11.1. The SMILES string of the molecule is CCC1CCCCN1C(=O)Cn1c(SCc2cccc(F)c2)nc2ccncc21. The number of aromatic nitrogens is 3. The van der Waals surface area contributed by atoms with Crippen LogP contribution in [0.1, 0.15) is 38.2 Å². The molecule has 0 radical (unpaired) electrons. The Balaban J connectivity index is 1.58. The Morgan fingerprint density at radius 2 is 2.21 bits per heavy atom. The van der Waals surface area contributed by atoms with Gasteiger partial charge in [0.1, 0.15) is 12.4 Å². The Hall–Kier alpha value is -2.41. The van der Waals surface area contributed by atoms with Crippen LogP contribution >= 0.6 is 11.8 Å². The molecule has 5 nitrogen and oxygen atoms in total. The largest absolute Gasteiger partial charge is 0.338 e. The molecule has 1 aromatic carbocycles. The van der Waals surface area contributed by atoms with Crippen LogP contribution in [0, 0.1) is 5.82 Å². The Morgan fingerprint density at radius 3 is 3.03 bits per heavy atom. The molecule has 1 saturated heterocycles. The smallest absolute Gasteiger partial charge is 0.242 e. The Kier molecular flexibility index (Phi) is 6.13. The second kappa shape index (κ2) is 8.95. The molecule has 152 valence electrons. The third kappa shape index (κ3) is 4.45. The minimum Gasteiger partial charge on any atom is -0.338 e. The molecule has 29 heavy (non-hydrogen) atoms. The van der Waals surface area contributed by atoms with Crippen molar-refractivity contribution >= 4 is 28.7 Å². The maximum atomic E-state index is 13.5. The van der Waals surface area contributed by atoms with Gasteiger partial charge in [-0.05, 0) is 49.4 Å². The van der Waals surface area contributed by atoms with Gasteiger partial charge in [0.25, 0.3) is 0 Å². The van der Waals surface area contributed by atoms with Gasteiger partial charge in [0.15, 0.2) is 5.16 Å². The van der Waals surface area contributed by atoms with E-state index in [2.05, 4.69) is 11.9 Å². The van der Waals surface area contributed by atoms with Crippen LogP contribution in [0.2, 0.25) is 0 Å². The fourth-order valence-corrected chi connectivity index (χ4v) is 4.92. The van der Waals surface area contributed by atoms with E-state index in [9.17, 15) is 9.18 Å². The number of pyridine rings is 1. The van der Waals surface area contributed by atoms with Crippen molar-refractivity contribution in [2.75, 3.05) is 6.54 Å². The van der Waals surface area contributed by atoms with Crippen molar-refractivity contribution in [1.29, 1.82) is 0 Å². The molecule has 1 unspecified atom stereocenters. The number of benzene rings is 1. The van der Waals surface area contributed by atoms with Crippen LogP contribution in [0.5, 0.6) is 0 Å². The molecule has 4 rings (SSSR count). The van der Waals surface area contributed by atoms with Crippen molar-refractivity contribution in [3.8, 4) is 0 Å².